The van der Waals surface area contributed by atoms with Crippen LogP contribution in [-0.4, -0.2) is 26.8 Å². The van der Waals surface area contributed by atoms with E-state index in [9.17, 15) is 14.7 Å². The quantitative estimate of drug-likeness (QED) is 0.882. The summed E-state index contributed by atoms with van der Waals surface area (Å²) < 4.78 is 1.87. The van der Waals surface area contributed by atoms with Crippen molar-refractivity contribution in [2.45, 2.75) is 38.1 Å². The fraction of sp³-hybridized carbons (Fsp3) is 0.389. The molecule has 1 aromatic carbocycles. The summed E-state index contributed by atoms with van der Waals surface area (Å²) in [6.07, 6.45) is 5.45. The Labute approximate surface area is 140 Å². The molecule has 0 fully saturated rings. The van der Waals surface area contributed by atoms with E-state index >= 15 is 0 Å². The number of carbonyl (C=O) groups is 2. The van der Waals surface area contributed by atoms with Crippen molar-refractivity contribution in [3.05, 3.63) is 52.8 Å². The van der Waals surface area contributed by atoms with E-state index in [-0.39, 0.29) is 23.9 Å². The molecule has 1 amide bonds. The molecule has 6 nitrogen and oxygen atoms in total. The predicted octanol–water partition coefficient (Wildman–Crippen LogP) is 2.24. The number of hydrogen-bond acceptors (Lipinski definition) is 3. The first-order valence-corrected chi connectivity index (χ1v) is 8.17. The lowest BCUT2D eigenvalue weighted by Crippen LogP contribution is -2.31. The molecule has 2 N–H and O–H groups in total. The molecule has 126 valence electrons. The molecule has 1 aliphatic carbocycles. The zero-order valence-corrected chi connectivity index (χ0v) is 13.7. The fourth-order valence-corrected chi connectivity index (χ4v) is 3.32. The first-order chi connectivity index (χ1) is 11.6. The Morgan fingerprint density at radius 3 is 2.96 bits per heavy atom. The Morgan fingerprint density at radius 2 is 2.17 bits per heavy atom. The minimum Gasteiger partial charge on any atom is -0.478 e. The zero-order chi connectivity index (χ0) is 17.1. The summed E-state index contributed by atoms with van der Waals surface area (Å²) in [6, 6.07) is 6.82. The van der Waals surface area contributed by atoms with Gasteiger partial charge in [-0.2, -0.15) is 5.10 Å². The first-order valence-electron chi connectivity index (χ1n) is 8.17. The summed E-state index contributed by atoms with van der Waals surface area (Å²) in [7, 11) is 1.92. The number of carboxylic acid groups (broad SMARTS) is 1. The average Bonchev–Trinajstić information content (AvgIpc) is 2.96. The van der Waals surface area contributed by atoms with Gasteiger partial charge < -0.3 is 10.4 Å². The molecule has 1 atom stereocenters. The van der Waals surface area contributed by atoms with Crippen LogP contribution in [-0.2, 0) is 24.7 Å². The van der Waals surface area contributed by atoms with Crippen LogP contribution in [0.15, 0.2) is 30.5 Å². The van der Waals surface area contributed by atoms with E-state index in [4.69, 9.17) is 0 Å². The molecule has 0 saturated heterocycles. The molecule has 0 spiro atoms. The third kappa shape index (κ3) is 3.32. The molecule has 0 aliphatic heterocycles. The predicted molar refractivity (Wildman–Crippen MR) is 88.8 cm³/mol. The van der Waals surface area contributed by atoms with Crippen molar-refractivity contribution in [3.8, 4) is 0 Å². The lowest BCUT2D eigenvalue weighted by Gasteiger charge is -2.23. The van der Waals surface area contributed by atoms with Gasteiger partial charge in [-0.3, -0.25) is 9.48 Å². The smallest absolute Gasteiger partial charge is 0.335 e. The molecule has 0 saturated carbocycles. The second-order valence-corrected chi connectivity index (χ2v) is 6.14. The van der Waals surface area contributed by atoms with E-state index in [1.807, 2.05) is 17.9 Å². The van der Waals surface area contributed by atoms with Gasteiger partial charge in [0.25, 0.3) is 0 Å². The van der Waals surface area contributed by atoms with E-state index in [2.05, 4.69) is 10.4 Å². The van der Waals surface area contributed by atoms with Gasteiger partial charge in [0.05, 0.1) is 17.8 Å². The number of nitrogens with zero attached hydrogens (tertiary/aromatic N) is 2. The molecule has 1 aromatic heterocycles. The lowest BCUT2D eigenvalue weighted by molar-refractivity contribution is -0.121. The van der Waals surface area contributed by atoms with Crippen LogP contribution in [0.4, 0.5) is 0 Å². The number of hydrogen-bond donors (Lipinski definition) is 2. The summed E-state index contributed by atoms with van der Waals surface area (Å²) in [5, 5.41) is 16.5. The van der Waals surface area contributed by atoms with Gasteiger partial charge in [0.2, 0.25) is 5.91 Å². The molecule has 0 radical (unpaired) electrons. The van der Waals surface area contributed by atoms with Gasteiger partial charge in [-0.1, -0.05) is 18.2 Å². The fourth-order valence-electron chi connectivity index (χ4n) is 3.32. The van der Waals surface area contributed by atoms with Gasteiger partial charge in [0.1, 0.15) is 0 Å². The normalized spacial score (nSPS) is 16.5. The highest BCUT2D eigenvalue weighted by Crippen LogP contribution is 2.29. The van der Waals surface area contributed by atoms with Crippen LogP contribution in [0.25, 0.3) is 0 Å². The van der Waals surface area contributed by atoms with Crippen molar-refractivity contribution in [1.29, 1.82) is 0 Å². The van der Waals surface area contributed by atoms with E-state index in [0.29, 0.717) is 12.0 Å². The van der Waals surface area contributed by atoms with E-state index in [1.165, 1.54) is 5.69 Å². The summed E-state index contributed by atoms with van der Waals surface area (Å²) in [5.74, 6) is -1.02. The highest BCUT2D eigenvalue weighted by Gasteiger charge is 2.24. The number of aryl methyl sites for hydroxylation is 2. The molecule has 1 unspecified atom stereocenters. The number of fused-ring (bicyclic) bond motifs is 1. The Morgan fingerprint density at radius 1 is 1.38 bits per heavy atom. The van der Waals surface area contributed by atoms with Gasteiger partial charge in [0.15, 0.2) is 0 Å². The molecule has 1 heterocycles. The number of nitrogens with one attached hydrogen (secondary N) is 1. The second-order valence-electron chi connectivity index (χ2n) is 6.14. The maximum Gasteiger partial charge on any atom is 0.335 e. The number of aromatic carboxylic acids is 1. The van der Waals surface area contributed by atoms with Crippen LogP contribution in [0.5, 0.6) is 0 Å². The highest BCUT2D eigenvalue weighted by atomic mass is 16.4. The largest absolute Gasteiger partial charge is 0.478 e. The van der Waals surface area contributed by atoms with Crippen molar-refractivity contribution < 1.29 is 14.7 Å². The van der Waals surface area contributed by atoms with Gasteiger partial charge in [-0.15, -0.1) is 0 Å². The maximum atomic E-state index is 12.3. The van der Waals surface area contributed by atoms with Crippen LogP contribution < -0.4 is 5.32 Å². The van der Waals surface area contributed by atoms with Crippen molar-refractivity contribution in [2.75, 3.05) is 0 Å². The number of benzene rings is 1. The van der Waals surface area contributed by atoms with Crippen LogP contribution in [0.2, 0.25) is 0 Å². The molecule has 0 bridgehead atoms. The van der Waals surface area contributed by atoms with Crippen LogP contribution in [0, 0.1) is 0 Å². The van der Waals surface area contributed by atoms with Crippen LogP contribution in [0.3, 0.4) is 0 Å². The number of amides is 1. The number of carbonyl (C=O) groups excluding carboxylic acids is 1. The Hall–Kier alpha value is -2.63. The van der Waals surface area contributed by atoms with Crippen LogP contribution >= 0.6 is 0 Å². The minimum absolute atomic E-state index is 0.00432. The van der Waals surface area contributed by atoms with Gasteiger partial charge >= 0.3 is 5.97 Å². The average molecular weight is 327 g/mol. The Balaban J connectivity index is 1.62. The molecule has 3 rings (SSSR count). The SMILES string of the molecule is Cn1ncc2c1CCCC2NC(=O)CCc1ccccc1C(=O)O. The molecule has 1 aliphatic rings. The van der Waals surface area contributed by atoms with Crippen molar-refractivity contribution >= 4 is 11.9 Å². The molecular formula is C18H21N3O3. The Kier molecular flexibility index (Phi) is 4.64. The zero-order valence-electron chi connectivity index (χ0n) is 13.7. The number of rotatable bonds is 5. The van der Waals surface area contributed by atoms with Crippen molar-refractivity contribution in [3.63, 3.8) is 0 Å². The summed E-state index contributed by atoms with van der Waals surface area (Å²) >= 11 is 0. The van der Waals surface area contributed by atoms with E-state index < -0.39 is 5.97 Å². The summed E-state index contributed by atoms with van der Waals surface area (Å²) in [4.78, 5) is 23.5. The van der Waals surface area contributed by atoms with Gasteiger partial charge in [-0.25, -0.2) is 4.79 Å². The van der Waals surface area contributed by atoms with E-state index in [1.54, 1.807) is 24.3 Å². The van der Waals surface area contributed by atoms with E-state index in [0.717, 1.165) is 24.8 Å². The van der Waals surface area contributed by atoms with Crippen LogP contribution in [0.1, 0.15) is 52.5 Å². The number of aromatic nitrogens is 2. The second kappa shape index (κ2) is 6.86. The molecule has 6 heteroatoms. The number of carboxylic acids is 1. The minimum atomic E-state index is -0.960. The third-order valence-electron chi connectivity index (χ3n) is 4.58. The third-order valence-corrected chi connectivity index (χ3v) is 4.58. The summed E-state index contributed by atoms with van der Waals surface area (Å²) in [6.45, 7) is 0. The highest BCUT2D eigenvalue weighted by molar-refractivity contribution is 5.89. The maximum absolute atomic E-state index is 12.3. The van der Waals surface area contributed by atoms with Gasteiger partial charge in [0, 0.05) is 24.7 Å². The van der Waals surface area contributed by atoms with Gasteiger partial charge in [-0.05, 0) is 37.3 Å². The molecule has 24 heavy (non-hydrogen) atoms. The standard InChI is InChI=1S/C18H21N3O3/c1-21-16-8-4-7-15(14(16)11-19-21)20-17(22)10-9-12-5-2-3-6-13(12)18(23)24/h2-3,5-6,11,15H,4,7-10H2,1H3,(H,20,22)(H,23,24). The molecule has 2 aromatic rings. The molecular weight excluding hydrogens is 306 g/mol. The van der Waals surface area contributed by atoms with Crippen molar-refractivity contribution in [1.82, 2.24) is 15.1 Å². The topological polar surface area (TPSA) is 84.2 Å². The van der Waals surface area contributed by atoms with Crippen molar-refractivity contribution in [2.24, 2.45) is 7.05 Å². The Bertz CT molecular complexity index is 767. The lowest BCUT2D eigenvalue weighted by atomic mass is 9.92. The monoisotopic (exact) mass is 327 g/mol. The first kappa shape index (κ1) is 16.2. The summed E-state index contributed by atoms with van der Waals surface area (Å²) in [5.41, 5.74) is 3.23.